The Morgan fingerprint density at radius 1 is 0.543 bits per heavy atom. The number of carboxylic acids is 2. The number of carbonyl (C=O) groups is 6. The molecule has 21 nitrogen and oxygen atoms in total. The van der Waals surface area contributed by atoms with Crippen molar-refractivity contribution in [3.63, 3.8) is 0 Å². The van der Waals surface area contributed by atoms with Crippen molar-refractivity contribution >= 4 is 102 Å². The van der Waals surface area contributed by atoms with Gasteiger partial charge in [-0.3, -0.25) is 39.1 Å². The van der Waals surface area contributed by atoms with E-state index in [2.05, 4.69) is 25.8 Å². The summed E-state index contributed by atoms with van der Waals surface area (Å²) in [4.78, 5) is 77.5. The second kappa shape index (κ2) is 18.3. The molecule has 0 saturated carbocycles. The monoisotopic (exact) mass is 1010 g/mol. The van der Waals surface area contributed by atoms with Crippen LogP contribution in [0.3, 0.4) is 0 Å². The Balaban J connectivity index is 1.09. The molecule has 358 valence electrons. The Morgan fingerprint density at radius 2 is 0.914 bits per heavy atom. The fraction of sp³-hybridized carbons (Fsp3) is 0. The average molecular weight is 1010 g/mol. The lowest BCUT2D eigenvalue weighted by Crippen LogP contribution is -2.27. The number of aromatic nitrogens is 1. The number of hydrogen-bond acceptors (Lipinski definition) is 15. The predicted octanol–water partition coefficient (Wildman–Crippen LogP) is 5.60. The summed E-state index contributed by atoms with van der Waals surface area (Å²) >= 11 is 0. The number of Topliss-reactive ketones (excluding diaryl/α,β-unsaturated/α-hetero) is 2. The average Bonchev–Trinajstić information content (AvgIpc) is 3.27. The van der Waals surface area contributed by atoms with Crippen molar-refractivity contribution in [2.75, 3.05) is 21.5 Å². The number of halogens is 6. The van der Waals surface area contributed by atoms with Crippen LogP contribution in [0.25, 0.3) is 12.2 Å². The highest BCUT2D eigenvalue weighted by Gasteiger charge is 2.36. The Kier molecular flexibility index (Phi) is 12.8. The molecule has 70 heavy (non-hydrogen) atoms. The Hall–Kier alpha value is -8.93. The number of amides is 2. The van der Waals surface area contributed by atoms with E-state index >= 15 is 0 Å². The zero-order chi connectivity index (χ0) is 51.3. The summed E-state index contributed by atoms with van der Waals surface area (Å²) in [6.07, 6.45) is 1.41. The maximum Gasteiger partial charge on any atom is 0.341 e. The van der Waals surface area contributed by atoms with Gasteiger partial charge in [-0.1, -0.05) is 6.07 Å². The third-order valence-electron chi connectivity index (χ3n) is 9.66. The van der Waals surface area contributed by atoms with Crippen molar-refractivity contribution in [2.45, 2.75) is 0 Å². The van der Waals surface area contributed by atoms with Gasteiger partial charge in [0.2, 0.25) is 11.6 Å². The van der Waals surface area contributed by atoms with Crippen LogP contribution in [-0.2, 0) is 20.2 Å². The van der Waals surface area contributed by atoms with Crippen LogP contribution in [0.15, 0.2) is 86.7 Å². The number of aromatic carboxylic acids is 2. The smallest absolute Gasteiger partial charge is 0.341 e. The molecule has 2 aliphatic rings. The third-order valence-corrected chi connectivity index (χ3v) is 11.4. The van der Waals surface area contributed by atoms with Gasteiger partial charge in [0, 0.05) is 34.6 Å². The number of fused-ring (bicyclic) bond motifs is 2. The van der Waals surface area contributed by atoms with E-state index in [0.717, 1.165) is 48.5 Å². The van der Waals surface area contributed by atoms with Gasteiger partial charge in [-0.05, 0) is 71.8 Å². The van der Waals surface area contributed by atoms with E-state index in [-0.39, 0.29) is 45.8 Å². The number of nitrogens with one attached hydrogen (secondary N) is 4. The third kappa shape index (κ3) is 9.46. The van der Waals surface area contributed by atoms with E-state index in [9.17, 15) is 81.1 Å². The minimum atomic E-state index is -5.34. The number of nitrogens with zero attached hydrogens (tertiary/aromatic N) is 3. The first-order valence-corrected chi connectivity index (χ1v) is 21.5. The van der Waals surface area contributed by atoms with Gasteiger partial charge in [0.05, 0.1) is 11.4 Å². The molecule has 8 N–H and O–H groups in total. The number of anilines is 4. The molecular weight excluding hydrogens is 993 g/mol. The molecule has 0 unspecified atom stereocenters. The van der Waals surface area contributed by atoms with Crippen LogP contribution < -0.4 is 21.5 Å². The molecule has 0 radical (unpaired) electrons. The second-order valence-electron chi connectivity index (χ2n) is 14.1. The summed E-state index contributed by atoms with van der Waals surface area (Å²) in [7, 11) is -10.7. The van der Waals surface area contributed by atoms with Gasteiger partial charge in [-0.2, -0.15) is 27.0 Å². The molecule has 5 aromatic rings. The summed E-state index contributed by atoms with van der Waals surface area (Å²) in [5, 5.41) is 29.8. The van der Waals surface area contributed by atoms with E-state index in [0.29, 0.717) is 12.2 Å². The van der Waals surface area contributed by atoms with Gasteiger partial charge in [0.1, 0.15) is 32.3 Å². The fourth-order valence-electron chi connectivity index (χ4n) is 6.49. The number of allylic oxidation sites excluding steroid dienone is 2. The summed E-state index contributed by atoms with van der Waals surface area (Å²) in [6, 6.07) is 10.3. The molecule has 0 saturated heterocycles. The maximum absolute atomic E-state index is 14.7. The van der Waals surface area contributed by atoms with Crippen molar-refractivity contribution in [1.82, 2.24) is 4.98 Å². The molecule has 4 aromatic carbocycles. The molecule has 2 aliphatic carbocycles. The van der Waals surface area contributed by atoms with E-state index in [1.807, 2.05) is 0 Å². The zero-order valence-corrected chi connectivity index (χ0v) is 35.4. The predicted molar refractivity (Wildman–Crippen MR) is 229 cm³/mol. The molecule has 1 aromatic heterocycles. The van der Waals surface area contributed by atoms with Crippen LogP contribution in [0.5, 0.6) is 0 Å². The maximum atomic E-state index is 14.7. The van der Waals surface area contributed by atoms with Crippen molar-refractivity contribution in [3.05, 3.63) is 156 Å². The number of pyridine rings is 1. The molecular formula is C41H21F6N7O14S2. The molecule has 0 aliphatic heterocycles. The molecule has 0 fully saturated rings. The minimum absolute atomic E-state index is 0.128. The molecule has 2 amide bonds. The number of carbonyl (C=O) groups excluding carboxylic acids is 4. The van der Waals surface area contributed by atoms with Crippen LogP contribution >= 0.6 is 0 Å². The first kappa shape index (κ1) is 49.0. The Morgan fingerprint density at radius 3 is 1.26 bits per heavy atom. The summed E-state index contributed by atoms with van der Waals surface area (Å²) in [6.45, 7) is 0. The molecule has 7 rings (SSSR count). The highest BCUT2D eigenvalue weighted by Crippen LogP contribution is 2.32. The van der Waals surface area contributed by atoms with Gasteiger partial charge in [-0.25, -0.2) is 40.9 Å². The molecule has 0 atom stereocenters. The topological polar surface area (TPSA) is 337 Å². The van der Waals surface area contributed by atoms with E-state index in [4.69, 9.17) is 10.2 Å². The normalized spacial score (nSPS) is 14.6. The Bertz CT molecular complexity index is 3390. The first-order valence-electron chi connectivity index (χ1n) is 18.6. The molecule has 29 heteroatoms. The van der Waals surface area contributed by atoms with Crippen molar-refractivity contribution in [3.8, 4) is 0 Å². The number of rotatable bonds is 12. The van der Waals surface area contributed by atoms with E-state index < -0.39 is 146 Å². The Labute approximate surface area is 385 Å². The van der Waals surface area contributed by atoms with Gasteiger partial charge in [0.25, 0.3) is 32.1 Å². The van der Waals surface area contributed by atoms with Crippen LogP contribution in [-0.4, -0.2) is 87.9 Å². The van der Waals surface area contributed by atoms with Crippen LogP contribution in [0.2, 0.25) is 0 Å². The first-order chi connectivity index (χ1) is 32.8. The number of hydrazone groups is 2. The van der Waals surface area contributed by atoms with Crippen molar-refractivity contribution in [1.29, 1.82) is 0 Å². The van der Waals surface area contributed by atoms with Gasteiger partial charge in [-0.15, -0.1) is 0 Å². The standard InChI is InChI=1S/C41H21F6N7O14S2/c42-20-12-24(32(46)28(30(20)44)40(59)60)51-53-34-26(69(63,64)65)10-14-8-16(4-6-18(14)36(34)55)48-38(57)22-2-1-3-23(50-22)39(58)49-17-5-7-19-15(9-17)11-27(70(66,67)68)35(37(19)56)54-52-25-13-21(43)31(45)29(33(25)47)41(61)62/h1-13,51-52H,(H,48,57)(H,49,58)(H,59,60)(H,61,62)(H,63,64,65)(H,66,67,68)/b53-34-,54-35-. The fourth-order valence-corrected chi connectivity index (χ4v) is 7.81. The SMILES string of the molecule is O=C(Nc1ccc2c(c1)C=C(S(=O)(=O)O)/C(=N/Nc1cc(F)c(F)c(C(=O)O)c1F)C2=O)c1cccc(C(=O)Nc2ccc3c(c2)C=C(S(=O)(=O)O)/C(=N/Nc2cc(F)c(F)c(C(=O)O)c2F)C3=O)n1. The highest BCUT2D eigenvalue weighted by molar-refractivity contribution is 7.91. The largest absolute Gasteiger partial charge is 0.477 e. The van der Waals surface area contributed by atoms with Gasteiger partial charge < -0.3 is 20.8 Å². The number of hydrogen-bond donors (Lipinski definition) is 8. The summed E-state index contributed by atoms with van der Waals surface area (Å²) in [5.41, 5.74) is -6.68. The van der Waals surface area contributed by atoms with E-state index in [1.54, 1.807) is 10.9 Å². The number of benzene rings is 4. The lowest BCUT2D eigenvalue weighted by Gasteiger charge is -2.18. The quantitative estimate of drug-likeness (QED) is 0.0326. The summed E-state index contributed by atoms with van der Waals surface area (Å²) in [5.74, 6) is -20.5. The lowest BCUT2D eigenvalue weighted by atomic mass is 9.94. The minimum Gasteiger partial charge on any atom is -0.477 e. The van der Waals surface area contributed by atoms with Crippen LogP contribution in [0.1, 0.15) is 73.5 Å². The van der Waals surface area contributed by atoms with Crippen molar-refractivity contribution in [2.24, 2.45) is 10.2 Å². The van der Waals surface area contributed by atoms with Crippen LogP contribution in [0.4, 0.5) is 49.1 Å². The zero-order valence-electron chi connectivity index (χ0n) is 33.8. The lowest BCUT2D eigenvalue weighted by molar-refractivity contribution is 0.0673. The number of ketones is 2. The van der Waals surface area contributed by atoms with Gasteiger partial charge >= 0.3 is 11.9 Å². The number of carboxylic acid groups (broad SMARTS) is 2. The molecule has 0 spiro atoms. The molecule has 1 heterocycles. The second-order valence-corrected chi connectivity index (χ2v) is 16.9. The van der Waals surface area contributed by atoms with E-state index in [1.165, 1.54) is 6.07 Å². The molecule has 0 bridgehead atoms. The van der Waals surface area contributed by atoms with Crippen LogP contribution in [0, 0.1) is 34.9 Å². The highest BCUT2D eigenvalue weighted by atomic mass is 32.2. The summed E-state index contributed by atoms with van der Waals surface area (Å²) < 4.78 is 154. The van der Waals surface area contributed by atoms with Crippen molar-refractivity contribution < 1.29 is 91.3 Å². The van der Waals surface area contributed by atoms with Gasteiger partial charge in [0.15, 0.2) is 46.3 Å².